The number of carbonyl (C=O) groups excluding carboxylic acids is 2. The van der Waals surface area contributed by atoms with Crippen molar-refractivity contribution in [1.82, 2.24) is 5.32 Å². The number of ether oxygens (including phenoxy) is 1. The summed E-state index contributed by atoms with van der Waals surface area (Å²) in [6, 6.07) is 17.5. The summed E-state index contributed by atoms with van der Waals surface area (Å²) in [6.07, 6.45) is 2.44. The number of hydrogen-bond acceptors (Lipinski definition) is 4. The Hall–Kier alpha value is -3.51. The van der Waals surface area contributed by atoms with Crippen molar-refractivity contribution in [1.29, 1.82) is 0 Å². The predicted octanol–water partition coefficient (Wildman–Crippen LogP) is 5.47. The molecule has 4 rings (SSSR count). The molecule has 168 valence electrons. The highest BCUT2D eigenvalue weighted by molar-refractivity contribution is 7.80. The molecule has 2 amide bonds. The van der Waals surface area contributed by atoms with E-state index in [0.717, 1.165) is 28.3 Å². The highest BCUT2D eigenvalue weighted by Crippen LogP contribution is 2.33. The van der Waals surface area contributed by atoms with Gasteiger partial charge in [-0.05, 0) is 85.6 Å². The molecule has 1 heterocycles. The molecule has 6 heteroatoms. The molecule has 0 spiro atoms. The van der Waals surface area contributed by atoms with Gasteiger partial charge < -0.3 is 4.74 Å². The lowest BCUT2D eigenvalue weighted by atomic mass is 9.99. The van der Waals surface area contributed by atoms with Crippen molar-refractivity contribution in [2.75, 3.05) is 4.90 Å². The molecule has 3 aromatic rings. The van der Waals surface area contributed by atoms with Crippen LogP contribution in [0.1, 0.15) is 37.0 Å². The molecule has 3 aromatic carbocycles. The van der Waals surface area contributed by atoms with Gasteiger partial charge in [0.05, 0.1) is 11.8 Å². The van der Waals surface area contributed by atoms with Gasteiger partial charge in [0.2, 0.25) is 0 Å². The first-order chi connectivity index (χ1) is 15.8. The summed E-state index contributed by atoms with van der Waals surface area (Å²) < 4.78 is 6.15. The Labute approximate surface area is 199 Å². The highest BCUT2D eigenvalue weighted by Gasteiger charge is 2.35. The van der Waals surface area contributed by atoms with E-state index < -0.39 is 11.8 Å². The third kappa shape index (κ3) is 4.52. The van der Waals surface area contributed by atoms with Crippen LogP contribution in [0.2, 0.25) is 0 Å². The molecule has 0 aromatic heterocycles. The van der Waals surface area contributed by atoms with Crippen molar-refractivity contribution >= 4 is 51.7 Å². The van der Waals surface area contributed by atoms with Gasteiger partial charge in [0, 0.05) is 5.56 Å². The molecule has 0 aliphatic carbocycles. The Balaban J connectivity index is 1.87. The molecule has 0 unspecified atom stereocenters. The Morgan fingerprint density at radius 1 is 1.06 bits per heavy atom. The lowest BCUT2D eigenvalue weighted by Gasteiger charge is -2.29. The van der Waals surface area contributed by atoms with Gasteiger partial charge in [-0.15, -0.1) is 0 Å². The van der Waals surface area contributed by atoms with E-state index in [2.05, 4.69) is 5.32 Å². The van der Waals surface area contributed by atoms with Crippen LogP contribution in [0.25, 0.3) is 16.8 Å². The first kappa shape index (κ1) is 22.7. The number of benzene rings is 3. The number of aryl methyl sites for hydroxylation is 2. The quantitative estimate of drug-likeness (QED) is 0.313. The van der Waals surface area contributed by atoms with E-state index in [-0.39, 0.29) is 16.8 Å². The first-order valence-electron chi connectivity index (χ1n) is 11.0. The molecule has 5 nitrogen and oxygen atoms in total. The lowest BCUT2D eigenvalue weighted by molar-refractivity contribution is -0.122. The maximum Gasteiger partial charge on any atom is 0.270 e. The van der Waals surface area contributed by atoms with Gasteiger partial charge in [0.1, 0.15) is 11.3 Å². The second kappa shape index (κ2) is 9.16. The maximum atomic E-state index is 13.6. The van der Waals surface area contributed by atoms with E-state index in [1.807, 2.05) is 82.3 Å². The molecule has 1 fully saturated rings. The van der Waals surface area contributed by atoms with E-state index in [1.54, 1.807) is 6.08 Å². The summed E-state index contributed by atoms with van der Waals surface area (Å²) in [5.74, 6) is -0.355. The zero-order chi connectivity index (χ0) is 23.7. The average Bonchev–Trinajstić information content (AvgIpc) is 2.76. The second-order valence-corrected chi connectivity index (χ2v) is 8.73. The Kier molecular flexibility index (Phi) is 6.29. The molecule has 1 aliphatic heterocycles. The summed E-state index contributed by atoms with van der Waals surface area (Å²) in [6.45, 7) is 7.95. The van der Waals surface area contributed by atoms with Crippen LogP contribution in [0.4, 0.5) is 5.69 Å². The summed E-state index contributed by atoms with van der Waals surface area (Å²) in [4.78, 5) is 27.8. The van der Waals surface area contributed by atoms with Crippen molar-refractivity contribution < 1.29 is 14.3 Å². The van der Waals surface area contributed by atoms with Crippen LogP contribution in [0.3, 0.4) is 0 Å². The minimum Gasteiger partial charge on any atom is -0.490 e. The molecule has 1 saturated heterocycles. The summed E-state index contributed by atoms with van der Waals surface area (Å²) in [7, 11) is 0. The van der Waals surface area contributed by atoms with Gasteiger partial charge in [0.25, 0.3) is 11.8 Å². The molecule has 1 atom stereocenters. The highest BCUT2D eigenvalue weighted by atomic mass is 32.1. The number of nitrogens with one attached hydrogen (secondary N) is 1. The number of carbonyl (C=O) groups is 2. The number of thiocarbonyl (C=S) groups is 1. The smallest absolute Gasteiger partial charge is 0.270 e. The molecule has 0 saturated carbocycles. The number of nitrogens with zero attached hydrogens (tertiary/aromatic N) is 1. The van der Waals surface area contributed by atoms with E-state index in [0.29, 0.717) is 17.0 Å². The van der Waals surface area contributed by atoms with Gasteiger partial charge in [-0.3, -0.25) is 19.8 Å². The zero-order valence-corrected chi connectivity index (χ0v) is 20.0. The number of amides is 2. The van der Waals surface area contributed by atoms with Gasteiger partial charge >= 0.3 is 0 Å². The predicted molar refractivity (Wildman–Crippen MR) is 136 cm³/mol. The normalized spacial score (nSPS) is 16.3. The van der Waals surface area contributed by atoms with Gasteiger partial charge in [-0.2, -0.15) is 0 Å². The van der Waals surface area contributed by atoms with E-state index >= 15 is 0 Å². The maximum absolute atomic E-state index is 13.6. The largest absolute Gasteiger partial charge is 0.490 e. The average molecular weight is 459 g/mol. The number of anilines is 1. The van der Waals surface area contributed by atoms with Gasteiger partial charge in [-0.1, -0.05) is 43.3 Å². The zero-order valence-electron chi connectivity index (χ0n) is 19.1. The van der Waals surface area contributed by atoms with Crippen molar-refractivity contribution in [3.05, 3.63) is 76.9 Å². The number of rotatable bonds is 5. The van der Waals surface area contributed by atoms with Gasteiger partial charge in [0.15, 0.2) is 5.11 Å². The molecule has 0 radical (unpaired) electrons. The molecule has 33 heavy (non-hydrogen) atoms. The third-order valence-electron chi connectivity index (χ3n) is 5.69. The Morgan fingerprint density at radius 3 is 2.45 bits per heavy atom. The topological polar surface area (TPSA) is 58.6 Å². The summed E-state index contributed by atoms with van der Waals surface area (Å²) >= 11 is 5.36. The molecular weight excluding hydrogens is 432 g/mol. The van der Waals surface area contributed by atoms with Crippen LogP contribution in [-0.4, -0.2) is 23.0 Å². The first-order valence-corrected chi connectivity index (χ1v) is 11.4. The van der Waals surface area contributed by atoms with E-state index in [1.165, 1.54) is 4.90 Å². The van der Waals surface area contributed by atoms with Crippen molar-refractivity contribution in [3.8, 4) is 5.75 Å². The molecule has 1 N–H and O–H groups in total. The lowest BCUT2D eigenvalue weighted by Crippen LogP contribution is -2.54. The van der Waals surface area contributed by atoms with Crippen molar-refractivity contribution in [2.24, 2.45) is 0 Å². The fourth-order valence-corrected chi connectivity index (χ4v) is 4.22. The van der Waals surface area contributed by atoms with Crippen LogP contribution in [0.15, 0.2) is 60.2 Å². The van der Waals surface area contributed by atoms with E-state index in [4.69, 9.17) is 17.0 Å². The minimum absolute atomic E-state index is 0.00751. The molecule has 1 aliphatic rings. The fraction of sp³-hybridized carbons (Fsp3) is 0.222. The van der Waals surface area contributed by atoms with Crippen molar-refractivity contribution in [2.45, 2.75) is 40.2 Å². The van der Waals surface area contributed by atoms with Gasteiger partial charge in [-0.25, -0.2) is 0 Å². The molecular formula is C27H26N2O3S. The third-order valence-corrected chi connectivity index (χ3v) is 5.97. The monoisotopic (exact) mass is 458 g/mol. The number of fused-ring (bicyclic) bond motifs is 1. The fourth-order valence-electron chi connectivity index (χ4n) is 3.94. The Morgan fingerprint density at radius 2 is 1.76 bits per heavy atom. The number of hydrogen-bond donors (Lipinski definition) is 1. The van der Waals surface area contributed by atoms with Crippen LogP contribution in [0, 0.1) is 13.8 Å². The summed E-state index contributed by atoms with van der Waals surface area (Å²) in [5, 5.41) is 4.64. The van der Waals surface area contributed by atoms with Crippen LogP contribution in [-0.2, 0) is 9.59 Å². The van der Waals surface area contributed by atoms with Crippen molar-refractivity contribution in [3.63, 3.8) is 0 Å². The second-order valence-electron chi connectivity index (χ2n) is 8.34. The SMILES string of the molecule is CC[C@@H](C)Oc1ccc2ccccc2c1/C=C1\C(=O)NC(=S)N(c2cc(C)cc(C)c2)C1=O. The standard InChI is InChI=1S/C27H26N2O3S/c1-5-18(4)32-24-11-10-19-8-6-7-9-21(19)22(24)15-23-25(30)28-27(33)29(26(23)31)20-13-16(2)12-17(3)14-20/h6-15,18H,5H2,1-4H3,(H,28,30,33)/b23-15+/t18-/m1/s1. The van der Waals surface area contributed by atoms with Crippen LogP contribution < -0.4 is 15.0 Å². The minimum atomic E-state index is -0.520. The Bertz CT molecular complexity index is 1290. The van der Waals surface area contributed by atoms with Crippen LogP contribution >= 0.6 is 12.2 Å². The summed E-state index contributed by atoms with van der Waals surface area (Å²) in [5.41, 5.74) is 3.33. The molecule has 0 bridgehead atoms. The van der Waals surface area contributed by atoms with E-state index in [9.17, 15) is 9.59 Å². The van der Waals surface area contributed by atoms with Crippen LogP contribution in [0.5, 0.6) is 5.75 Å².